The maximum Gasteiger partial charge on any atom is 0.258 e. The fourth-order valence-corrected chi connectivity index (χ4v) is 7.29. The monoisotopic (exact) mass is 639 g/mol. The molecule has 10 heteroatoms. The van der Waals surface area contributed by atoms with Gasteiger partial charge in [-0.3, -0.25) is 4.79 Å². The molecule has 0 N–H and O–H groups in total. The average molecular weight is 641 g/mol. The molecule has 0 unspecified atom stereocenters. The predicted octanol–water partition coefficient (Wildman–Crippen LogP) is 6.03. The summed E-state index contributed by atoms with van der Waals surface area (Å²) in [4.78, 5) is 15.5. The molecule has 40 heavy (non-hydrogen) atoms. The minimum atomic E-state index is -3.72. The van der Waals surface area contributed by atoms with E-state index in [1.54, 1.807) is 23.1 Å². The molecule has 206 valence electrons. The number of carbonyl (C=O) groups excluding carboxylic acids is 1. The van der Waals surface area contributed by atoms with Gasteiger partial charge in [-0.2, -0.15) is 4.31 Å². The number of benzene rings is 3. The van der Waals surface area contributed by atoms with Crippen molar-refractivity contribution in [1.82, 2.24) is 8.87 Å². The zero-order valence-corrected chi connectivity index (χ0v) is 25.0. The number of hydrogen-bond donors (Lipinski definition) is 0. The number of ether oxygens (including phenoxy) is 1. The molecule has 0 bridgehead atoms. The van der Waals surface area contributed by atoms with Gasteiger partial charge in [0.2, 0.25) is 10.0 Å². The minimum Gasteiger partial charge on any atom is -0.379 e. The summed E-state index contributed by atoms with van der Waals surface area (Å²) in [5.74, 6) is -0.146. The third kappa shape index (κ3) is 4.90. The van der Waals surface area contributed by atoms with Gasteiger partial charge in [0.25, 0.3) is 5.91 Å². The molecular formula is C30H27BrClN3O4S. The summed E-state index contributed by atoms with van der Waals surface area (Å²) in [5, 5.41) is 1.67. The maximum absolute atomic E-state index is 13.6. The van der Waals surface area contributed by atoms with Gasteiger partial charge < -0.3 is 14.2 Å². The van der Waals surface area contributed by atoms with Crippen LogP contribution in [0.3, 0.4) is 0 Å². The lowest BCUT2D eigenvalue weighted by atomic mass is 10.0. The highest BCUT2D eigenvalue weighted by molar-refractivity contribution is 9.10. The Hall–Kier alpha value is -2.95. The number of sulfonamides is 1. The largest absolute Gasteiger partial charge is 0.379 e. The lowest BCUT2D eigenvalue weighted by Crippen LogP contribution is -2.40. The minimum absolute atomic E-state index is 0.146. The van der Waals surface area contributed by atoms with Gasteiger partial charge in [-0.15, -0.1) is 0 Å². The Morgan fingerprint density at radius 2 is 1.77 bits per heavy atom. The standard InChI is InChI=1S/C30H27BrClN3O4S/c1-2-35-29-10-8-24(40(37,38)34-11-13-39-14-12-34)17-26(29)27(30(35)36)15-21-19-33(18-20-3-6-23(32)7-4-20)28-9-5-22(31)16-25(21)28/h3-10,15-17,19H,2,11-14,18H2,1H3. The normalized spacial score (nSPS) is 17.2. The lowest BCUT2D eigenvalue weighted by Gasteiger charge is -2.26. The number of rotatable bonds is 6. The molecule has 3 aromatic carbocycles. The van der Waals surface area contributed by atoms with Gasteiger partial charge in [0.1, 0.15) is 0 Å². The molecule has 6 rings (SSSR count). The Morgan fingerprint density at radius 1 is 1.02 bits per heavy atom. The first-order valence-electron chi connectivity index (χ1n) is 13.0. The number of nitrogens with zero attached hydrogens (tertiary/aromatic N) is 3. The zero-order valence-electron chi connectivity index (χ0n) is 21.8. The number of anilines is 1. The maximum atomic E-state index is 13.6. The fraction of sp³-hybridized carbons (Fsp3) is 0.233. The molecule has 0 saturated carbocycles. The molecule has 4 aromatic rings. The summed E-state index contributed by atoms with van der Waals surface area (Å²) in [6.45, 7) is 4.38. The van der Waals surface area contributed by atoms with E-state index in [2.05, 4.69) is 20.5 Å². The van der Waals surface area contributed by atoms with Crippen molar-refractivity contribution in [3.05, 3.63) is 93.0 Å². The first-order valence-corrected chi connectivity index (χ1v) is 15.7. The van der Waals surface area contributed by atoms with Crippen molar-refractivity contribution in [3.8, 4) is 0 Å². The number of aromatic nitrogens is 1. The second-order valence-corrected chi connectivity index (χ2v) is 13.1. The van der Waals surface area contributed by atoms with E-state index in [4.69, 9.17) is 16.3 Å². The van der Waals surface area contributed by atoms with Gasteiger partial charge in [0, 0.05) is 69.5 Å². The second kappa shape index (κ2) is 10.8. The van der Waals surface area contributed by atoms with Crippen molar-refractivity contribution in [2.24, 2.45) is 0 Å². The van der Waals surface area contributed by atoms with Gasteiger partial charge >= 0.3 is 0 Å². The molecule has 2 aliphatic heterocycles. The summed E-state index contributed by atoms with van der Waals surface area (Å²) in [6, 6.07) is 18.8. The number of likely N-dealkylation sites (N-methyl/N-ethyl adjacent to an activating group) is 1. The van der Waals surface area contributed by atoms with Crippen LogP contribution in [0.15, 0.2) is 76.2 Å². The number of amides is 1. The van der Waals surface area contributed by atoms with E-state index in [0.717, 1.165) is 26.5 Å². The number of hydrogen-bond acceptors (Lipinski definition) is 4. The zero-order chi connectivity index (χ0) is 28.0. The summed E-state index contributed by atoms with van der Waals surface area (Å²) in [7, 11) is -3.72. The molecule has 0 spiro atoms. The number of carbonyl (C=O) groups is 1. The Bertz CT molecular complexity index is 1760. The van der Waals surface area contributed by atoms with Gasteiger partial charge in [-0.1, -0.05) is 39.7 Å². The van der Waals surface area contributed by atoms with E-state index in [0.29, 0.717) is 61.2 Å². The van der Waals surface area contributed by atoms with E-state index in [-0.39, 0.29) is 10.8 Å². The Balaban J connectivity index is 1.46. The number of morpholine rings is 1. The van der Waals surface area contributed by atoms with Crippen molar-refractivity contribution < 1.29 is 17.9 Å². The number of fused-ring (bicyclic) bond motifs is 2. The molecule has 2 aliphatic rings. The summed E-state index contributed by atoms with van der Waals surface area (Å²) < 4.78 is 36.7. The van der Waals surface area contributed by atoms with E-state index in [1.807, 2.05) is 61.7 Å². The molecule has 0 radical (unpaired) electrons. The predicted molar refractivity (Wildman–Crippen MR) is 162 cm³/mol. The van der Waals surface area contributed by atoms with Gasteiger partial charge in [0.15, 0.2) is 0 Å². The molecule has 0 aliphatic carbocycles. The van der Waals surface area contributed by atoms with Crippen LogP contribution in [0.25, 0.3) is 22.6 Å². The molecule has 7 nitrogen and oxygen atoms in total. The van der Waals surface area contributed by atoms with Gasteiger partial charge in [-0.05, 0) is 67.1 Å². The third-order valence-corrected chi connectivity index (χ3v) is 10.0. The first kappa shape index (κ1) is 27.2. The molecule has 1 saturated heterocycles. The van der Waals surface area contributed by atoms with Gasteiger partial charge in [0.05, 0.1) is 23.8 Å². The molecule has 1 amide bonds. The second-order valence-electron chi connectivity index (χ2n) is 9.80. The highest BCUT2D eigenvalue weighted by Crippen LogP contribution is 2.40. The quantitative estimate of drug-likeness (QED) is 0.241. The van der Waals surface area contributed by atoms with Crippen molar-refractivity contribution >= 4 is 71.7 Å². The van der Waals surface area contributed by atoms with Crippen LogP contribution in [0.5, 0.6) is 0 Å². The van der Waals surface area contributed by atoms with Gasteiger partial charge in [-0.25, -0.2) is 8.42 Å². The summed E-state index contributed by atoms with van der Waals surface area (Å²) >= 11 is 9.68. The van der Waals surface area contributed by atoms with E-state index < -0.39 is 10.0 Å². The first-order chi connectivity index (χ1) is 19.3. The van der Waals surface area contributed by atoms with Crippen LogP contribution >= 0.6 is 27.5 Å². The Kier molecular flexibility index (Phi) is 7.35. The Labute approximate surface area is 246 Å². The van der Waals surface area contributed by atoms with Crippen molar-refractivity contribution in [3.63, 3.8) is 0 Å². The van der Waals surface area contributed by atoms with Crippen molar-refractivity contribution in [1.29, 1.82) is 0 Å². The van der Waals surface area contributed by atoms with Crippen LogP contribution in [-0.2, 0) is 26.1 Å². The number of halogens is 2. The van der Waals surface area contributed by atoms with Crippen LogP contribution in [0.2, 0.25) is 5.02 Å². The lowest BCUT2D eigenvalue weighted by molar-refractivity contribution is -0.112. The highest BCUT2D eigenvalue weighted by atomic mass is 79.9. The van der Waals surface area contributed by atoms with Crippen LogP contribution in [0.4, 0.5) is 5.69 Å². The van der Waals surface area contributed by atoms with E-state index in [9.17, 15) is 13.2 Å². The molecule has 0 atom stereocenters. The molecular weight excluding hydrogens is 614 g/mol. The van der Waals surface area contributed by atoms with E-state index >= 15 is 0 Å². The average Bonchev–Trinajstić information content (AvgIpc) is 3.43. The van der Waals surface area contributed by atoms with Crippen molar-refractivity contribution in [2.45, 2.75) is 18.4 Å². The molecule has 3 heterocycles. The highest BCUT2D eigenvalue weighted by Gasteiger charge is 2.34. The topological polar surface area (TPSA) is 71.9 Å². The van der Waals surface area contributed by atoms with Crippen molar-refractivity contribution in [2.75, 3.05) is 37.7 Å². The van der Waals surface area contributed by atoms with Crippen LogP contribution < -0.4 is 4.90 Å². The van der Waals surface area contributed by atoms with Crippen LogP contribution in [-0.4, -0.2) is 56.0 Å². The molecule has 1 fully saturated rings. The Morgan fingerprint density at radius 3 is 2.50 bits per heavy atom. The van der Waals surface area contributed by atoms with Crippen LogP contribution in [0, 0.1) is 0 Å². The SMILES string of the molecule is CCN1C(=O)C(=Cc2cn(Cc3ccc(Cl)cc3)c3ccc(Br)cc23)c2cc(S(=O)(=O)N3CCOCC3)ccc21. The smallest absolute Gasteiger partial charge is 0.258 e. The third-order valence-electron chi connectivity index (χ3n) is 7.39. The molecule has 1 aromatic heterocycles. The fourth-order valence-electron chi connectivity index (χ4n) is 5.37. The van der Waals surface area contributed by atoms with E-state index in [1.165, 1.54) is 4.31 Å². The summed E-state index contributed by atoms with van der Waals surface area (Å²) in [6.07, 6.45) is 3.92. The van der Waals surface area contributed by atoms with Crippen LogP contribution in [0.1, 0.15) is 23.6 Å². The summed E-state index contributed by atoms with van der Waals surface area (Å²) in [5.41, 5.74) is 4.80.